The van der Waals surface area contributed by atoms with Gasteiger partial charge in [0.1, 0.15) is 5.69 Å². The normalized spacial score (nSPS) is 11.7. The van der Waals surface area contributed by atoms with E-state index < -0.39 is 0 Å². The number of thiol groups is 1. The molecule has 1 aliphatic rings. The monoisotopic (exact) mass is 370 g/mol. The molecule has 0 spiro atoms. The van der Waals surface area contributed by atoms with Crippen molar-refractivity contribution in [1.29, 1.82) is 0 Å². The molecule has 3 rings (SSSR count). The van der Waals surface area contributed by atoms with Gasteiger partial charge in [0, 0.05) is 14.1 Å². The Kier molecular flexibility index (Phi) is 4.07. The van der Waals surface area contributed by atoms with E-state index in [1.165, 1.54) is 38.6 Å². The Balaban J connectivity index is 0.00000120. The van der Waals surface area contributed by atoms with Crippen LogP contribution in [0.25, 0.3) is 0 Å². The van der Waals surface area contributed by atoms with Gasteiger partial charge >= 0.3 is 0 Å². The first kappa shape index (κ1) is 13.5. The van der Waals surface area contributed by atoms with E-state index in [2.05, 4.69) is 66.8 Å². The zero-order valence-electron chi connectivity index (χ0n) is 10.3. The van der Waals surface area contributed by atoms with Gasteiger partial charge in [0.15, 0.2) is 9.79 Å². The summed E-state index contributed by atoms with van der Waals surface area (Å²) in [6.07, 6.45) is 0. The van der Waals surface area contributed by atoms with Crippen molar-refractivity contribution in [3.05, 3.63) is 42.5 Å². The van der Waals surface area contributed by atoms with Gasteiger partial charge in [-0.15, -0.1) is 0 Å². The summed E-state index contributed by atoms with van der Waals surface area (Å²) in [5, 5.41) is 3.54. The molecule has 0 amide bonds. The Bertz CT molecular complexity index is 569. The number of halogens is 1. The molecule has 1 aliphatic heterocycles. The van der Waals surface area contributed by atoms with E-state index in [0.717, 1.165) is 0 Å². The van der Waals surface area contributed by atoms with Crippen LogP contribution in [0.5, 0.6) is 0 Å². The predicted molar refractivity (Wildman–Crippen MR) is 75.8 cm³/mol. The molecule has 2 aromatic rings. The molecule has 2 nitrogen and oxygen atoms in total. The lowest BCUT2D eigenvalue weighted by Crippen LogP contribution is -3.00. The third-order valence-corrected chi connectivity index (χ3v) is 4.15. The molecule has 0 aliphatic carbocycles. The van der Waals surface area contributed by atoms with E-state index in [1.54, 1.807) is 0 Å². The smallest absolute Gasteiger partial charge is 0.183 e. The van der Waals surface area contributed by atoms with E-state index in [1.807, 2.05) is 0 Å². The largest absolute Gasteiger partial charge is 1.00 e. The summed E-state index contributed by atoms with van der Waals surface area (Å²) in [4.78, 5) is 4.83. The molecule has 0 saturated heterocycles. The van der Waals surface area contributed by atoms with Crippen LogP contribution in [-0.2, 0) is 11.8 Å². The second-order valence-electron chi connectivity index (χ2n) is 4.32. The van der Waals surface area contributed by atoms with Crippen molar-refractivity contribution in [2.45, 2.75) is 9.79 Å². The van der Waals surface area contributed by atoms with Crippen LogP contribution in [0.2, 0.25) is 0 Å². The highest BCUT2D eigenvalue weighted by molar-refractivity contribution is 7.79. The number of benzene rings is 2. The van der Waals surface area contributed by atoms with Crippen LogP contribution < -0.4 is 34.2 Å². The van der Waals surface area contributed by atoms with Crippen LogP contribution in [0.15, 0.2) is 52.3 Å². The van der Waals surface area contributed by atoms with Crippen molar-refractivity contribution in [1.82, 2.24) is 0 Å². The van der Waals surface area contributed by atoms with Gasteiger partial charge in [0.05, 0.1) is 23.1 Å². The lowest BCUT2D eigenvalue weighted by molar-refractivity contribution is -0.00000336. The van der Waals surface area contributed by atoms with Gasteiger partial charge in [0.25, 0.3) is 0 Å². The van der Waals surface area contributed by atoms with E-state index in [0.29, 0.717) is 0 Å². The van der Waals surface area contributed by atoms with Gasteiger partial charge in [0.2, 0.25) is 0 Å². The highest BCUT2D eigenvalue weighted by atomic mass is 127. The Morgan fingerprint density at radius 1 is 0.944 bits per heavy atom. The van der Waals surface area contributed by atoms with Crippen LogP contribution in [0, 0.1) is 0 Å². The summed E-state index contributed by atoms with van der Waals surface area (Å²) in [7, 11) is 4.16. The number of anilines is 3. The fourth-order valence-corrected chi connectivity index (χ4v) is 3.18. The van der Waals surface area contributed by atoms with E-state index >= 15 is 0 Å². The molecule has 18 heavy (non-hydrogen) atoms. The molecule has 0 fully saturated rings. The molecule has 0 atom stereocenters. The lowest BCUT2D eigenvalue weighted by Gasteiger charge is -2.21. The Morgan fingerprint density at radius 3 is 2.44 bits per heavy atom. The molecule has 0 radical (unpaired) electrons. The average molecular weight is 370 g/mol. The van der Waals surface area contributed by atoms with Crippen LogP contribution in [-0.4, -0.2) is 14.1 Å². The number of nitrogens with one attached hydrogen (secondary N) is 1. The standard InChI is InChI=1S/C14H14N2S.HI/c1-16(2)11-7-5-9-13-14(11)15-10-6-3-4-8-12(10)17-13;/h3-9,15H,1-2H3;1H. The van der Waals surface area contributed by atoms with Crippen LogP contribution in [0.4, 0.5) is 17.1 Å². The second kappa shape index (κ2) is 5.40. The van der Waals surface area contributed by atoms with Crippen LogP contribution in [0.3, 0.4) is 0 Å². The fraction of sp³-hybridized carbons (Fsp3) is 0.143. The van der Waals surface area contributed by atoms with Gasteiger partial charge in [-0.2, -0.15) is 0 Å². The molecule has 0 unspecified atom stereocenters. The summed E-state index contributed by atoms with van der Waals surface area (Å²) in [5.74, 6) is 0. The maximum absolute atomic E-state index is 3.54. The van der Waals surface area contributed by atoms with Crippen LogP contribution in [0.1, 0.15) is 0 Å². The average Bonchev–Trinajstić information content (AvgIpc) is 2.35. The number of hydrogen-bond acceptors (Lipinski definition) is 2. The number of nitrogens with zero attached hydrogens (tertiary/aromatic N) is 1. The van der Waals surface area contributed by atoms with Crippen molar-refractivity contribution < 1.29 is 24.0 Å². The zero-order valence-corrected chi connectivity index (χ0v) is 13.4. The van der Waals surface area contributed by atoms with Gasteiger partial charge in [-0.05, 0) is 24.3 Å². The van der Waals surface area contributed by atoms with Gasteiger partial charge < -0.3 is 34.2 Å². The molecule has 0 saturated carbocycles. The van der Waals surface area contributed by atoms with E-state index in [4.69, 9.17) is 0 Å². The number of para-hydroxylation sites is 2. The maximum atomic E-state index is 3.54. The van der Waals surface area contributed by atoms with Gasteiger partial charge in [-0.1, -0.05) is 18.2 Å². The Hall–Kier alpha value is -0.880. The molecule has 94 valence electrons. The summed E-state index contributed by atoms with van der Waals surface area (Å²) in [5.41, 5.74) is 3.69. The fourth-order valence-electron chi connectivity index (χ4n) is 2.06. The Morgan fingerprint density at radius 2 is 1.67 bits per heavy atom. The molecule has 2 aromatic carbocycles. The van der Waals surface area contributed by atoms with E-state index in [9.17, 15) is 0 Å². The second-order valence-corrected chi connectivity index (χ2v) is 5.51. The topological polar surface area (TPSA) is 15.3 Å². The van der Waals surface area contributed by atoms with Gasteiger partial charge in [-0.3, -0.25) is 0 Å². The number of hydrogen-bond donors (Lipinski definition) is 1. The highest BCUT2D eigenvalue weighted by Crippen LogP contribution is 2.39. The molecule has 1 heterocycles. The van der Waals surface area contributed by atoms with Crippen molar-refractivity contribution in [2.75, 3.05) is 24.3 Å². The molecule has 0 bridgehead atoms. The minimum Gasteiger partial charge on any atom is -1.00 e. The molecular weight excluding hydrogens is 355 g/mol. The third-order valence-electron chi connectivity index (χ3n) is 2.91. The summed E-state index contributed by atoms with van der Waals surface area (Å²) in [6.45, 7) is 0. The Labute approximate surface area is 129 Å². The SMILES string of the molecule is CN(C)c1cccc2c1Nc1ccccc1[SH+]2.[I-]. The highest BCUT2D eigenvalue weighted by Gasteiger charge is 2.25. The van der Waals surface area contributed by atoms with Crippen LogP contribution >= 0.6 is 0 Å². The maximum Gasteiger partial charge on any atom is 0.183 e. The summed E-state index contributed by atoms with van der Waals surface area (Å²) >= 11 is 1.28. The summed E-state index contributed by atoms with van der Waals surface area (Å²) < 4.78 is 0. The first-order valence-corrected chi connectivity index (χ1v) is 6.53. The molecule has 0 aromatic heterocycles. The summed E-state index contributed by atoms with van der Waals surface area (Å²) in [6, 6.07) is 14.9. The molecular formula is C14H15IN2S. The van der Waals surface area contributed by atoms with Gasteiger partial charge in [-0.25, -0.2) is 0 Å². The third kappa shape index (κ3) is 2.31. The first-order chi connectivity index (χ1) is 8.25. The van der Waals surface area contributed by atoms with Crippen molar-refractivity contribution in [3.8, 4) is 0 Å². The first-order valence-electron chi connectivity index (χ1n) is 5.64. The van der Waals surface area contributed by atoms with E-state index in [-0.39, 0.29) is 24.0 Å². The molecule has 1 N–H and O–H groups in total. The zero-order chi connectivity index (χ0) is 11.8. The van der Waals surface area contributed by atoms with Crippen molar-refractivity contribution in [3.63, 3.8) is 0 Å². The number of fused-ring (bicyclic) bond motifs is 2. The van der Waals surface area contributed by atoms with Crippen molar-refractivity contribution in [2.24, 2.45) is 0 Å². The molecule has 4 heteroatoms. The minimum absolute atomic E-state index is 0. The lowest BCUT2D eigenvalue weighted by atomic mass is 10.2. The van der Waals surface area contributed by atoms with Crippen molar-refractivity contribution >= 4 is 28.8 Å². The number of rotatable bonds is 1. The quantitative estimate of drug-likeness (QED) is 0.370. The minimum atomic E-state index is 0. The predicted octanol–water partition coefficient (Wildman–Crippen LogP) is 0.0465.